The third-order valence-electron chi connectivity index (χ3n) is 4.17. The molecular weight excluding hydrogens is 379 g/mol. The molecule has 1 heterocycles. The second-order valence-electron chi connectivity index (χ2n) is 6.18. The molecular formula is C21H19FN2O3S. The summed E-state index contributed by atoms with van der Waals surface area (Å²) in [5.41, 5.74) is 2.18. The number of halogens is 1. The molecule has 144 valence electrons. The molecule has 2 aromatic carbocycles. The SMILES string of the molecule is COC(=O)C(Cc1ccccc1)NC(=O)c1sc(-c2ccc(F)cc2)nc1C. The average molecular weight is 398 g/mol. The number of hydrogen-bond acceptors (Lipinski definition) is 5. The van der Waals surface area contributed by atoms with Crippen molar-refractivity contribution in [3.05, 3.63) is 76.5 Å². The van der Waals surface area contributed by atoms with Gasteiger partial charge in [0.25, 0.3) is 5.91 Å². The smallest absolute Gasteiger partial charge is 0.328 e. The second-order valence-corrected chi connectivity index (χ2v) is 7.18. The Labute approximate surface area is 166 Å². The fourth-order valence-electron chi connectivity index (χ4n) is 2.73. The lowest BCUT2D eigenvalue weighted by molar-refractivity contribution is -0.142. The van der Waals surface area contributed by atoms with Gasteiger partial charge in [0, 0.05) is 12.0 Å². The Hall–Kier alpha value is -3.06. The molecule has 5 nitrogen and oxygen atoms in total. The molecule has 0 saturated heterocycles. The van der Waals surface area contributed by atoms with Crippen LogP contribution in [0.3, 0.4) is 0 Å². The summed E-state index contributed by atoms with van der Waals surface area (Å²) in [7, 11) is 1.29. The van der Waals surface area contributed by atoms with Crippen molar-refractivity contribution in [3.63, 3.8) is 0 Å². The summed E-state index contributed by atoms with van der Waals surface area (Å²) in [4.78, 5) is 29.7. The minimum Gasteiger partial charge on any atom is -0.467 e. The van der Waals surface area contributed by atoms with E-state index in [4.69, 9.17) is 4.74 Å². The Morgan fingerprint density at radius 3 is 2.46 bits per heavy atom. The highest BCUT2D eigenvalue weighted by molar-refractivity contribution is 7.17. The van der Waals surface area contributed by atoms with Gasteiger partial charge in [-0.1, -0.05) is 30.3 Å². The van der Waals surface area contributed by atoms with Crippen molar-refractivity contribution in [2.45, 2.75) is 19.4 Å². The lowest BCUT2D eigenvalue weighted by Crippen LogP contribution is -2.43. The van der Waals surface area contributed by atoms with E-state index in [-0.39, 0.29) is 5.82 Å². The first-order valence-electron chi connectivity index (χ1n) is 8.64. The number of benzene rings is 2. The molecule has 0 fully saturated rings. The van der Waals surface area contributed by atoms with Crippen LogP contribution in [0.1, 0.15) is 20.9 Å². The first-order chi connectivity index (χ1) is 13.5. The van der Waals surface area contributed by atoms with Crippen LogP contribution in [0.25, 0.3) is 10.6 Å². The first kappa shape index (κ1) is 19.7. The second kappa shape index (κ2) is 8.75. The standard InChI is InChI=1S/C21H19FN2O3S/c1-13-18(28-20(23-13)15-8-10-16(22)11-9-15)19(25)24-17(21(26)27-2)12-14-6-4-3-5-7-14/h3-11,17H,12H2,1-2H3,(H,24,25). The van der Waals surface area contributed by atoms with Gasteiger partial charge in [-0.3, -0.25) is 4.79 Å². The summed E-state index contributed by atoms with van der Waals surface area (Å²) in [5.74, 6) is -1.25. The average Bonchev–Trinajstić information content (AvgIpc) is 3.10. The summed E-state index contributed by atoms with van der Waals surface area (Å²) < 4.78 is 18.0. The monoisotopic (exact) mass is 398 g/mol. The zero-order valence-corrected chi connectivity index (χ0v) is 16.3. The largest absolute Gasteiger partial charge is 0.467 e. The number of methoxy groups -OCH3 is 1. The van der Waals surface area contributed by atoms with E-state index in [1.54, 1.807) is 19.1 Å². The predicted octanol–water partition coefficient (Wildman–Crippen LogP) is 3.77. The van der Waals surface area contributed by atoms with Crippen LogP contribution in [-0.4, -0.2) is 30.0 Å². The molecule has 1 N–H and O–H groups in total. The lowest BCUT2D eigenvalue weighted by atomic mass is 10.1. The molecule has 3 aromatic rings. The van der Waals surface area contributed by atoms with E-state index in [1.807, 2.05) is 30.3 Å². The molecule has 0 radical (unpaired) electrons. The van der Waals surface area contributed by atoms with Crippen LogP contribution < -0.4 is 5.32 Å². The highest BCUT2D eigenvalue weighted by atomic mass is 32.1. The molecule has 0 aliphatic carbocycles. The van der Waals surface area contributed by atoms with E-state index >= 15 is 0 Å². The van der Waals surface area contributed by atoms with E-state index in [0.29, 0.717) is 22.0 Å². The fraction of sp³-hybridized carbons (Fsp3) is 0.190. The van der Waals surface area contributed by atoms with Gasteiger partial charge in [0.15, 0.2) is 0 Å². The van der Waals surface area contributed by atoms with Gasteiger partial charge in [0.05, 0.1) is 12.8 Å². The van der Waals surface area contributed by atoms with Crippen molar-refractivity contribution in [2.75, 3.05) is 7.11 Å². The van der Waals surface area contributed by atoms with E-state index in [1.165, 1.54) is 30.6 Å². The Morgan fingerprint density at radius 1 is 1.14 bits per heavy atom. The fourth-order valence-corrected chi connectivity index (χ4v) is 3.71. The molecule has 0 saturated carbocycles. The quantitative estimate of drug-likeness (QED) is 0.642. The molecule has 7 heteroatoms. The summed E-state index contributed by atoms with van der Waals surface area (Å²) in [6, 6.07) is 14.5. The Balaban J connectivity index is 1.80. The van der Waals surface area contributed by atoms with Gasteiger partial charge in [-0.2, -0.15) is 0 Å². The summed E-state index contributed by atoms with van der Waals surface area (Å²) >= 11 is 1.20. The Morgan fingerprint density at radius 2 is 1.82 bits per heavy atom. The van der Waals surface area contributed by atoms with Crippen LogP contribution in [0, 0.1) is 12.7 Å². The van der Waals surface area contributed by atoms with Gasteiger partial charge in [-0.05, 0) is 36.8 Å². The van der Waals surface area contributed by atoms with Crippen molar-refractivity contribution in [2.24, 2.45) is 0 Å². The molecule has 0 aliphatic heterocycles. The number of aromatic nitrogens is 1. The summed E-state index contributed by atoms with van der Waals surface area (Å²) in [6.07, 6.45) is 0.321. The van der Waals surface area contributed by atoms with Crippen LogP contribution >= 0.6 is 11.3 Å². The molecule has 1 unspecified atom stereocenters. The number of esters is 1. The summed E-state index contributed by atoms with van der Waals surface area (Å²) in [6.45, 7) is 1.72. The number of carbonyl (C=O) groups is 2. The molecule has 1 atom stereocenters. The van der Waals surface area contributed by atoms with Gasteiger partial charge in [0.1, 0.15) is 21.7 Å². The van der Waals surface area contributed by atoms with Gasteiger partial charge in [-0.15, -0.1) is 11.3 Å². The van der Waals surface area contributed by atoms with Gasteiger partial charge in [0.2, 0.25) is 0 Å². The van der Waals surface area contributed by atoms with Crippen LogP contribution in [0.2, 0.25) is 0 Å². The topological polar surface area (TPSA) is 68.3 Å². The number of amides is 1. The maximum atomic E-state index is 13.1. The van der Waals surface area contributed by atoms with Crippen LogP contribution in [-0.2, 0) is 16.0 Å². The number of aryl methyl sites for hydroxylation is 1. The minimum absolute atomic E-state index is 0.321. The molecule has 1 amide bonds. The molecule has 0 aliphatic rings. The van der Waals surface area contributed by atoms with E-state index < -0.39 is 17.9 Å². The van der Waals surface area contributed by atoms with Crippen molar-refractivity contribution < 1.29 is 18.7 Å². The lowest BCUT2D eigenvalue weighted by Gasteiger charge is -2.16. The highest BCUT2D eigenvalue weighted by Crippen LogP contribution is 2.28. The molecule has 1 aromatic heterocycles. The number of ether oxygens (including phenoxy) is 1. The van der Waals surface area contributed by atoms with Crippen LogP contribution in [0.5, 0.6) is 0 Å². The third-order valence-corrected chi connectivity index (χ3v) is 5.37. The van der Waals surface area contributed by atoms with Gasteiger partial charge < -0.3 is 10.1 Å². The number of rotatable bonds is 6. The van der Waals surface area contributed by atoms with Crippen LogP contribution in [0.15, 0.2) is 54.6 Å². The minimum atomic E-state index is -0.810. The Kier molecular flexibility index (Phi) is 6.16. The zero-order chi connectivity index (χ0) is 20.1. The molecule has 3 rings (SSSR count). The van der Waals surface area contributed by atoms with E-state index in [2.05, 4.69) is 10.3 Å². The number of nitrogens with zero attached hydrogens (tertiary/aromatic N) is 1. The van der Waals surface area contributed by atoms with Crippen molar-refractivity contribution in [3.8, 4) is 10.6 Å². The van der Waals surface area contributed by atoms with Gasteiger partial charge >= 0.3 is 5.97 Å². The highest BCUT2D eigenvalue weighted by Gasteiger charge is 2.25. The van der Waals surface area contributed by atoms with E-state index in [0.717, 1.165) is 11.1 Å². The van der Waals surface area contributed by atoms with Crippen molar-refractivity contribution in [1.29, 1.82) is 0 Å². The molecule has 0 spiro atoms. The first-order valence-corrected chi connectivity index (χ1v) is 9.45. The van der Waals surface area contributed by atoms with Gasteiger partial charge in [-0.25, -0.2) is 14.2 Å². The predicted molar refractivity (Wildman–Crippen MR) is 106 cm³/mol. The zero-order valence-electron chi connectivity index (χ0n) is 15.4. The Bertz CT molecular complexity index is 971. The van der Waals surface area contributed by atoms with E-state index in [9.17, 15) is 14.0 Å². The van der Waals surface area contributed by atoms with Crippen molar-refractivity contribution >= 4 is 23.2 Å². The number of thiazole rings is 1. The van der Waals surface area contributed by atoms with Crippen LogP contribution in [0.4, 0.5) is 4.39 Å². The maximum absolute atomic E-state index is 13.1. The van der Waals surface area contributed by atoms with Crippen molar-refractivity contribution in [1.82, 2.24) is 10.3 Å². The molecule has 28 heavy (non-hydrogen) atoms. The normalized spacial score (nSPS) is 11.7. The number of hydrogen-bond donors (Lipinski definition) is 1. The maximum Gasteiger partial charge on any atom is 0.328 e. The summed E-state index contributed by atoms with van der Waals surface area (Å²) in [5, 5.41) is 3.36. The third kappa shape index (κ3) is 4.61. The number of carbonyl (C=O) groups excluding carboxylic acids is 2. The number of nitrogens with one attached hydrogen (secondary N) is 1. The molecule has 0 bridgehead atoms.